The molecular formula is C13H15BrF2N2O. The number of carbonyl (C=O) groups excluding carboxylic acids is 1. The lowest BCUT2D eigenvalue weighted by Gasteiger charge is -2.30. The van der Waals surface area contributed by atoms with E-state index in [1.165, 1.54) is 0 Å². The molecule has 3 nitrogen and oxygen atoms in total. The molecule has 1 aliphatic rings. The zero-order valence-electron chi connectivity index (χ0n) is 10.5. The van der Waals surface area contributed by atoms with Gasteiger partial charge in [0.25, 0.3) is 5.91 Å². The Bertz CT molecular complexity index is 496. The van der Waals surface area contributed by atoms with Crippen LogP contribution in [0.1, 0.15) is 30.1 Å². The third-order valence-electron chi connectivity index (χ3n) is 3.33. The van der Waals surface area contributed by atoms with Crippen LogP contribution in [-0.2, 0) is 0 Å². The SMILES string of the molecule is CC1NCCCC1NC(=O)c1cc(F)c(F)cc1Br. The minimum Gasteiger partial charge on any atom is -0.348 e. The molecule has 0 aliphatic carbocycles. The quantitative estimate of drug-likeness (QED) is 0.817. The molecular weight excluding hydrogens is 318 g/mol. The van der Waals surface area contributed by atoms with E-state index in [-0.39, 0.29) is 22.1 Å². The van der Waals surface area contributed by atoms with Crippen LogP contribution >= 0.6 is 15.9 Å². The number of piperidine rings is 1. The van der Waals surface area contributed by atoms with E-state index in [9.17, 15) is 13.6 Å². The molecule has 2 N–H and O–H groups in total. The predicted molar refractivity (Wildman–Crippen MR) is 72.0 cm³/mol. The van der Waals surface area contributed by atoms with E-state index in [0.717, 1.165) is 31.5 Å². The molecule has 0 radical (unpaired) electrons. The van der Waals surface area contributed by atoms with Crippen molar-refractivity contribution < 1.29 is 13.6 Å². The van der Waals surface area contributed by atoms with Gasteiger partial charge in [-0.05, 0) is 54.4 Å². The number of hydrogen-bond acceptors (Lipinski definition) is 2. The van der Waals surface area contributed by atoms with E-state index < -0.39 is 17.5 Å². The Morgan fingerprint density at radius 3 is 2.79 bits per heavy atom. The van der Waals surface area contributed by atoms with Crippen molar-refractivity contribution >= 4 is 21.8 Å². The molecule has 1 aliphatic heterocycles. The summed E-state index contributed by atoms with van der Waals surface area (Å²) in [6, 6.07) is 2.05. The Morgan fingerprint density at radius 2 is 2.11 bits per heavy atom. The van der Waals surface area contributed by atoms with Crippen LogP contribution in [0.25, 0.3) is 0 Å². The summed E-state index contributed by atoms with van der Waals surface area (Å²) in [5, 5.41) is 6.12. The van der Waals surface area contributed by atoms with E-state index in [4.69, 9.17) is 0 Å². The first kappa shape index (κ1) is 14.4. The van der Waals surface area contributed by atoms with Crippen molar-refractivity contribution in [3.8, 4) is 0 Å². The van der Waals surface area contributed by atoms with Gasteiger partial charge in [-0.1, -0.05) is 0 Å². The maximum Gasteiger partial charge on any atom is 0.252 e. The van der Waals surface area contributed by atoms with E-state index in [0.29, 0.717) is 0 Å². The molecule has 2 rings (SSSR count). The van der Waals surface area contributed by atoms with E-state index in [1.807, 2.05) is 6.92 Å². The van der Waals surface area contributed by atoms with Crippen LogP contribution in [0.2, 0.25) is 0 Å². The highest BCUT2D eigenvalue weighted by Gasteiger charge is 2.24. The first-order valence-corrected chi connectivity index (χ1v) is 6.97. The van der Waals surface area contributed by atoms with Crippen LogP contribution in [0.15, 0.2) is 16.6 Å². The van der Waals surface area contributed by atoms with Gasteiger partial charge in [-0.3, -0.25) is 4.79 Å². The van der Waals surface area contributed by atoms with Gasteiger partial charge in [0.2, 0.25) is 0 Å². The predicted octanol–water partition coefficient (Wildman–Crippen LogP) is 2.60. The Balaban J connectivity index is 2.13. The van der Waals surface area contributed by atoms with Crippen molar-refractivity contribution in [2.45, 2.75) is 31.8 Å². The monoisotopic (exact) mass is 332 g/mol. The first-order chi connectivity index (χ1) is 8.99. The van der Waals surface area contributed by atoms with Gasteiger partial charge in [-0.25, -0.2) is 8.78 Å². The van der Waals surface area contributed by atoms with Crippen molar-refractivity contribution in [2.24, 2.45) is 0 Å². The van der Waals surface area contributed by atoms with Gasteiger partial charge < -0.3 is 10.6 Å². The molecule has 1 fully saturated rings. The number of rotatable bonds is 2. The Hall–Kier alpha value is -1.01. The lowest BCUT2D eigenvalue weighted by atomic mass is 9.99. The molecule has 1 aromatic rings. The van der Waals surface area contributed by atoms with Crippen LogP contribution < -0.4 is 10.6 Å². The molecule has 1 saturated heterocycles. The lowest BCUT2D eigenvalue weighted by molar-refractivity contribution is 0.0918. The second kappa shape index (κ2) is 5.96. The van der Waals surface area contributed by atoms with Gasteiger partial charge in [-0.2, -0.15) is 0 Å². The van der Waals surface area contributed by atoms with Gasteiger partial charge >= 0.3 is 0 Å². The highest BCUT2D eigenvalue weighted by atomic mass is 79.9. The van der Waals surface area contributed by atoms with Crippen molar-refractivity contribution in [1.29, 1.82) is 0 Å². The summed E-state index contributed by atoms with van der Waals surface area (Å²) in [6.45, 7) is 2.92. The van der Waals surface area contributed by atoms with Crippen molar-refractivity contribution in [3.63, 3.8) is 0 Å². The molecule has 1 heterocycles. The number of halogens is 3. The van der Waals surface area contributed by atoms with Crippen molar-refractivity contribution in [3.05, 3.63) is 33.8 Å². The highest BCUT2D eigenvalue weighted by Crippen LogP contribution is 2.21. The van der Waals surface area contributed by atoms with Gasteiger partial charge in [0.15, 0.2) is 11.6 Å². The Morgan fingerprint density at radius 1 is 1.42 bits per heavy atom. The van der Waals surface area contributed by atoms with Crippen LogP contribution in [0.3, 0.4) is 0 Å². The molecule has 0 bridgehead atoms. The molecule has 104 valence electrons. The van der Waals surface area contributed by atoms with Crippen LogP contribution in [0.5, 0.6) is 0 Å². The van der Waals surface area contributed by atoms with Gasteiger partial charge in [0.05, 0.1) is 5.56 Å². The van der Waals surface area contributed by atoms with Gasteiger partial charge in [-0.15, -0.1) is 0 Å². The summed E-state index contributed by atoms with van der Waals surface area (Å²) >= 11 is 3.08. The summed E-state index contributed by atoms with van der Waals surface area (Å²) in [5.74, 6) is -2.40. The number of hydrogen-bond donors (Lipinski definition) is 2. The standard InChI is InChI=1S/C13H15BrF2N2O/c1-7-12(3-2-4-17-7)18-13(19)8-5-10(15)11(16)6-9(8)14/h5-7,12,17H,2-4H2,1H3,(H,18,19). The smallest absolute Gasteiger partial charge is 0.252 e. The van der Waals surface area contributed by atoms with E-state index >= 15 is 0 Å². The summed E-state index contributed by atoms with van der Waals surface area (Å²) in [4.78, 5) is 12.1. The highest BCUT2D eigenvalue weighted by molar-refractivity contribution is 9.10. The largest absolute Gasteiger partial charge is 0.348 e. The minimum absolute atomic E-state index is 0.00117. The summed E-state index contributed by atoms with van der Waals surface area (Å²) in [5.41, 5.74) is 0.108. The minimum atomic E-state index is -1.02. The number of amides is 1. The van der Waals surface area contributed by atoms with Crippen LogP contribution in [0, 0.1) is 11.6 Å². The zero-order chi connectivity index (χ0) is 14.0. The average Bonchev–Trinajstić information content (AvgIpc) is 2.36. The van der Waals surface area contributed by atoms with Crippen molar-refractivity contribution in [1.82, 2.24) is 10.6 Å². The van der Waals surface area contributed by atoms with Crippen LogP contribution in [-0.4, -0.2) is 24.5 Å². The second-order valence-electron chi connectivity index (χ2n) is 4.71. The molecule has 19 heavy (non-hydrogen) atoms. The molecule has 1 aromatic carbocycles. The van der Waals surface area contributed by atoms with E-state index in [2.05, 4.69) is 26.6 Å². The van der Waals surface area contributed by atoms with Gasteiger partial charge in [0.1, 0.15) is 0 Å². The molecule has 0 spiro atoms. The number of benzene rings is 1. The Kier molecular flexibility index (Phi) is 4.52. The third-order valence-corrected chi connectivity index (χ3v) is 3.99. The topological polar surface area (TPSA) is 41.1 Å². The summed E-state index contributed by atoms with van der Waals surface area (Å²) in [6.07, 6.45) is 1.86. The fraction of sp³-hybridized carbons (Fsp3) is 0.462. The molecule has 1 amide bonds. The summed E-state index contributed by atoms with van der Waals surface area (Å²) in [7, 11) is 0. The van der Waals surface area contributed by atoms with Crippen molar-refractivity contribution in [2.75, 3.05) is 6.54 Å². The number of carbonyl (C=O) groups is 1. The molecule has 2 unspecified atom stereocenters. The average molecular weight is 333 g/mol. The second-order valence-corrected chi connectivity index (χ2v) is 5.57. The maximum absolute atomic E-state index is 13.2. The van der Waals surface area contributed by atoms with Crippen LogP contribution in [0.4, 0.5) is 8.78 Å². The fourth-order valence-electron chi connectivity index (χ4n) is 2.18. The molecule has 0 aromatic heterocycles. The third kappa shape index (κ3) is 3.30. The Labute approximate surface area is 118 Å². The zero-order valence-corrected chi connectivity index (χ0v) is 12.1. The van der Waals surface area contributed by atoms with E-state index in [1.54, 1.807) is 0 Å². The molecule has 6 heteroatoms. The molecule has 0 saturated carbocycles. The fourth-order valence-corrected chi connectivity index (χ4v) is 2.68. The summed E-state index contributed by atoms with van der Waals surface area (Å²) < 4.78 is 26.4. The molecule has 2 atom stereocenters. The number of nitrogens with one attached hydrogen (secondary N) is 2. The normalized spacial score (nSPS) is 23.2. The first-order valence-electron chi connectivity index (χ1n) is 6.18. The lowest BCUT2D eigenvalue weighted by Crippen LogP contribution is -2.51. The van der Waals surface area contributed by atoms with Gasteiger partial charge in [0, 0.05) is 16.6 Å². The maximum atomic E-state index is 13.2.